The van der Waals surface area contributed by atoms with E-state index in [1.165, 1.54) is 0 Å². The number of ether oxygens (including phenoxy) is 2. The number of aryl methyl sites for hydroxylation is 1. The molecule has 4 rings (SSSR count). The van der Waals surface area contributed by atoms with Crippen LogP contribution in [-0.4, -0.2) is 46.0 Å². The Hall–Kier alpha value is -2.87. The van der Waals surface area contributed by atoms with Crippen molar-refractivity contribution in [2.45, 2.75) is 25.5 Å². The Balaban J connectivity index is 1.24. The first kappa shape index (κ1) is 20.4. The monoisotopic (exact) mass is 470 g/mol. The summed E-state index contributed by atoms with van der Waals surface area (Å²) in [5.41, 5.74) is 1.79. The molecule has 0 unspecified atom stereocenters. The fourth-order valence-corrected chi connectivity index (χ4v) is 3.81. The number of aromatic nitrogens is 3. The van der Waals surface area contributed by atoms with Crippen molar-refractivity contribution in [2.24, 2.45) is 0 Å². The number of carbonyl (C=O) groups excluding carboxylic acids is 1. The second kappa shape index (κ2) is 9.30. The maximum atomic E-state index is 12.5. The van der Waals surface area contributed by atoms with Crippen molar-refractivity contribution in [3.05, 3.63) is 70.5 Å². The molecule has 2 aromatic carbocycles. The van der Waals surface area contributed by atoms with E-state index in [-0.39, 0.29) is 11.9 Å². The van der Waals surface area contributed by atoms with Gasteiger partial charge in [0.05, 0.1) is 19.3 Å². The van der Waals surface area contributed by atoms with Gasteiger partial charge in [0.1, 0.15) is 23.8 Å². The Kier molecular flexibility index (Phi) is 6.32. The third kappa shape index (κ3) is 4.81. The molecule has 0 N–H and O–H groups in total. The second-order valence-electron chi connectivity index (χ2n) is 7.20. The van der Waals surface area contributed by atoms with Gasteiger partial charge in [-0.1, -0.05) is 39.3 Å². The topological polar surface area (TPSA) is 69.5 Å². The normalized spacial score (nSPS) is 13.7. The van der Waals surface area contributed by atoms with Gasteiger partial charge in [-0.05, 0) is 42.3 Å². The summed E-state index contributed by atoms with van der Waals surface area (Å²) in [4.78, 5) is 14.4. The highest BCUT2D eigenvalue weighted by Gasteiger charge is 2.32. The van der Waals surface area contributed by atoms with Crippen molar-refractivity contribution in [2.75, 3.05) is 20.2 Å². The first-order chi connectivity index (χ1) is 14.6. The molecular weight excluding hydrogens is 448 g/mol. The molecule has 0 aliphatic carbocycles. The third-order valence-electron chi connectivity index (χ3n) is 5.13. The molecule has 7 nitrogen and oxygen atoms in total. The fourth-order valence-electron chi connectivity index (χ4n) is 3.40. The van der Waals surface area contributed by atoms with Crippen molar-refractivity contribution in [1.82, 2.24) is 19.9 Å². The van der Waals surface area contributed by atoms with Gasteiger partial charge < -0.3 is 14.4 Å². The van der Waals surface area contributed by atoms with E-state index >= 15 is 0 Å². The van der Waals surface area contributed by atoms with Gasteiger partial charge in [0, 0.05) is 24.0 Å². The van der Waals surface area contributed by atoms with E-state index in [4.69, 9.17) is 9.47 Å². The molecule has 8 heteroatoms. The number of para-hydroxylation sites is 1. The van der Waals surface area contributed by atoms with Crippen LogP contribution in [-0.2, 0) is 17.8 Å². The molecule has 0 radical (unpaired) electrons. The van der Waals surface area contributed by atoms with Gasteiger partial charge >= 0.3 is 0 Å². The van der Waals surface area contributed by atoms with E-state index in [2.05, 4.69) is 26.2 Å². The Morgan fingerprint density at radius 2 is 2.00 bits per heavy atom. The van der Waals surface area contributed by atoms with E-state index in [0.29, 0.717) is 32.5 Å². The summed E-state index contributed by atoms with van der Waals surface area (Å²) >= 11 is 3.47. The average Bonchev–Trinajstić information content (AvgIpc) is 3.19. The van der Waals surface area contributed by atoms with Crippen molar-refractivity contribution in [3.63, 3.8) is 0 Å². The highest BCUT2D eigenvalue weighted by molar-refractivity contribution is 9.10. The molecule has 1 saturated heterocycles. The lowest BCUT2D eigenvalue weighted by Crippen LogP contribution is -2.51. The highest BCUT2D eigenvalue weighted by Crippen LogP contribution is 2.26. The number of hydrogen-bond acceptors (Lipinski definition) is 5. The quantitative estimate of drug-likeness (QED) is 0.502. The Morgan fingerprint density at radius 1 is 1.20 bits per heavy atom. The van der Waals surface area contributed by atoms with Gasteiger partial charge in [-0.2, -0.15) is 0 Å². The molecule has 1 aromatic heterocycles. The van der Waals surface area contributed by atoms with Gasteiger partial charge in [0.25, 0.3) is 0 Å². The van der Waals surface area contributed by atoms with Gasteiger partial charge in [-0.25, -0.2) is 4.68 Å². The Bertz CT molecular complexity index is 1000. The summed E-state index contributed by atoms with van der Waals surface area (Å²) < 4.78 is 13.9. The third-order valence-corrected chi connectivity index (χ3v) is 5.62. The summed E-state index contributed by atoms with van der Waals surface area (Å²) in [6, 6.07) is 15.6. The lowest BCUT2D eigenvalue weighted by atomic mass is 10.0. The van der Waals surface area contributed by atoms with E-state index < -0.39 is 0 Å². The maximum absolute atomic E-state index is 12.5. The zero-order valence-electron chi connectivity index (χ0n) is 16.7. The molecule has 0 atom stereocenters. The molecule has 0 bridgehead atoms. The highest BCUT2D eigenvalue weighted by atomic mass is 79.9. The van der Waals surface area contributed by atoms with Crippen LogP contribution in [0.2, 0.25) is 0 Å². The van der Waals surface area contributed by atoms with Crippen LogP contribution in [0.5, 0.6) is 11.5 Å². The van der Waals surface area contributed by atoms with E-state index in [9.17, 15) is 4.79 Å². The van der Waals surface area contributed by atoms with Crippen molar-refractivity contribution < 1.29 is 14.3 Å². The molecule has 1 amide bonds. The number of benzene rings is 2. The second-order valence-corrected chi connectivity index (χ2v) is 8.12. The molecular formula is C22H23BrN4O3. The summed E-state index contributed by atoms with van der Waals surface area (Å²) in [7, 11) is 1.64. The minimum atomic E-state index is 0.140. The predicted molar refractivity (Wildman–Crippen MR) is 115 cm³/mol. The van der Waals surface area contributed by atoms with Gasteiger partial charge in [0.2, 0.25) is 5.91 Å². The van der Waals surface area contributed by atoms with E-state index in [0.717, 1.165) is 27.2 Å². The van der Waals surface area contributed by atoms with Crippen LogP contribution in [0.4, 0.5) is 0 Å². The van der Waals surface area contributed by atoms with Crippen LogP contribution in [0, 0.1) is 0 Å². The number of halogens is 1. The maximum Gasteiger partial charge on any atom is 0.223 e. The van der Waals surface area contributed by atoms with Gasteiger partial charge in [0.15, 0.2) is 0 Å². The van der Waals surface area contributed by atoms with Crippen molar-refractivity contribution in [3.8, 4) is 11.5 Å². The Morgan fingerprint density at radius 3 is 2.77 bits per heavy atom. The van der Waals surface area contributed by atoms with E-state index in [1.54, 1.807) is 7.11 Å². The largest absolute Gasteiger partial charge is 0.496 e. The average molecular weight is 471 g/mol. The Labute approximate surface area is 183 Å². The lowest BCUT2D eigenvalue weighted by Gasteiger charge is -2.39. The van der Waals surface area contributed by atoms with E-state index in [1.807, 2.05) is 64.3 Å². The molecule has 156 valence electrons. The molecule has 0 saturated carbocycles. The minimum Gasteiger partial charge on any atom is -0.496 e. The molecule has 2 heterocycles. The molecule has 1 fully saturated rings. The van der Waals surface area contributed by atoms with Crippen LogP contribution >= 0.6 is 15.9 Å². The fraction of sp³-hybridized carbons (Fsp3) is 0.318. The van der Waals surface area contributed by atoms with Crippen LogP contribution < -0.4 is 9.47 Å². The minimum absolute atomic E-state index is 0.140. The number of carbonyl (C=O) groups is 1. The SMILES string of the molecule is COc1ccc(Br)cc1CCC(=O)N1CC(n2cc(COc3ccccc3)nn2)C1. The molecule has 1 aliphatic rings. The predicted octanol–water partition coefficient (Wildman–Crippen LogP) is 3.64. The lowest BCUT2D eigenvalue weighted by molar-refractivity contribution is -0.137. The summed E-state index contributed by atoms with van der Waals surface area (Å²) in [6.45, 7) is 1.67. The zero-order chi connectivity index (χ0) is 20.9. The molecule has 0 spiro atoms. The van der Waals surface area contributed by atoms with Crippen molar-refractivity contribution >= 4 is 21.8 Å². The zero-order valence-corrected chi connectivity index (χ0v) is 18.3. The van der Waals surface area contributed by atoms with Crippen LogP contribution in [0.3, 0.4) is 0 Å². The van der Waals surface area contributed by atoms with Crippen LogP contribution in [0.25, 0.3) is 0 Å². The number of amides is 1. The molecule has 3 aromatic rings. The number of nitrogens with zero attached hydrogens (tertiary/aromatic N) is 4. The summed E-state index contributed by atoms with van der Waals surface area (Å²) in [5.74, 6) is 1.75. The van der Waals surface area contributed by atoms with Crippen LogP contribution in [0.15, 0.2) is 59.2 Å². The smallest absolute Gasteiger partial charge is 0.223 e. The summed E-state index contributed by atoms with van der Waals surface area (Å²) in [6.07, 6.45) is 2.99. The van der Waals surface area contributed by atoms with Gasteiger partial charge in [-0.15, -0.1) is 5.10 Å². The van der Waals surface area contributed by atoms with Crippen LogP contribution in [0.1, 0.15) is 23.7 Å². The molecule has 30 heavy (non-hydrogen) atoms. The summed E-state index contributed by atoms with van der Waals surface area (Å²) in [5, 5.41) is 8.37. The number of hydrogen-bond donors (Lipinski definition) is 0. The number of rotatable bonds is 8. The molecule has 1 aliphatic heterocycles. The first-order valence-corrected chi connectivity index (χ1v) is 10.6. The standard InChI is InChI=1S/C22H23BrN4O3/c1-29-21-9-8-17(23)11-16(21)7-10-22(28)26-13-19(14-26)27-12-18(24-25-27)15-30-20-5-3-2-4-6-20/h2-6,8-9,11-12,19H,7,10,13-15H2,1H3. The first-order valence-electron chi connectivity index (χ1n) is 9.81. The number of methoxy groups -OCH3 is 1. The number of likely N-dealkylation sites (tertiary alicyclic amines) is 1. The van der Waals surface area contributed by atoms with Gasteiger partial charge in [-0.3, -0.25) is 4.79 Å². The van der Waals surface area contributed by atoms with Crippen molar-refractivity contribution in [1.29, 1.82) is 0 Å².